The Morgan fingerprint density at radius 2 is 1.80 bits per heavy atom. The second-order valence-corrected chi connectivity index (χ2v) is 6.40. The number of imide groups is 2. The van der Waals surface area contributed by atoms with E-state index >= 15 is 0 Å². The zero-order valence-corrected chi connectivity index (χ0v) is 13.6. The Kier molecular flexibility index (Phi) is 3.91. The molecule has 4 amide bonds. The van der Waals surface area contributed by atoms with Gasteiger partial charge in [-0.1, -0.05) is 25.3 Å². The summed E-state index contributed by atoms with van der Waals surface area (Å²) in [4.78, 5) is 38.4. The number of rotatable bonds is 2. The van der Waals surface area contributed by atoms with Crippen LogP contribution in [-0.2, 0) is 9.59 Å². The molecule has 2 fully saturated rings. The van der Waals surface area contributed by atoms with E-state index in [1.807, 2.05) is 0 Å². The van der Waals surface area contributed by atoms with E-state index in [1.54, 1.807) is 18.2 Å². The Labute approximate surface area is 144 Å². The van der Waals surface area contributed by atoms with Crippen LogP contribution in [0.2, 0.25) is 0 Å². The zero-order valence-electron chi connectivity index (χ0n) is 13.6. The van der Waals surface area contributed by atoms with Crippen LogP contribution in [0.5, 0.6) is 11.5 Å². The van der Waals surface area contributed by atoms with Gasteiger partial charge in [-0.05, 0) is 36.6 Å². The molecule has 7 heteroatoms. The number of ether oxygens (including phenoxy) is 2. The van der Waals surface area contributed by atoms with Gasteiger partial charge >= 0.3 is 6.03 Å². The minimum absolute atomic E-state index is 0.0379. The zero-order chi connectivity index (χ0) is 17.4. The number of urea groups is 1. The van der Waals surface area contributed by atoms with Crippen LogP contribution >= 0.6 is 0 Å². The Balaban J connectivity index is 1.64. The Morgan fingerprint density at radius 1 is 1.04 bits per heavy atom. The summed E-state index contributed by atoms with van der Waals surface area (Å²) >= 11 is 0. The van der Waals surface area contributed by atoms with Crippen LogP contribution in [0.4, 0.5) is 4.79 Å². The third kappa shape index (κ3) is 2.86. The minimum atomic E-state index is -0.667. The van der Waals surface area contributed by atoms with E-state index in [9.17, 15) is 14.4 Å². The number of amides is 4. The second kappa shape index (κ2) is 6.23. The smallest absolute Gasteiger partial charge is 0.331 e. The van der Waals surface area contributed by atoms with Crippen molar-refractivity contribution in [2.75, 3.05) is 6.79 Å². The quantitative estimate of drug-likeness (QED) is 0.658. The van der Waals surface area contributed by atoms with Crippen LogP contribution in [0, 0.1) is 0 Å². The lowest BCUT2D eigenvalue weighted by Crippen LogP contribution is -2.58. The molecule has 2 heterocycles. The van der Waals surface area contributed by atoms with Crippen molar-refractivity contribution in [3.8, 4) is 11.5 Å². The molecular formula is C18H18N2O5. The Bertz CT molecular complexity index is 780. The van der Waals surface area contributed by atoms with Gasteiger partial charge in [-0.2, -0.15) is 0 Å². The molecule has 3 aliphatic rings. The summed E-state index contributed by atoms with van der Waals surface area (Å²) in [6.07, 6.45) is 6.13. The number of nitrogens with one attached hydrogen (secondary N) is 1. The summed E-state index contributed by atoms with van der Waals surface area (Å²) in [6.45, 7) is 0.152. The summed E-state index contributed by atoms with van der Waals surface area (Å²) in [5.74, 6) is -0.00291. The summed E-state index contributed by atoms with van der Waals surface area (Å²) in [5, 5.41) is 2.28. The Morgan fingerprint density at radius 3 is 2.60 bits per heavy atom. The van der Waals surface area contributed by atoms with Gasteiger partial charge < -0.3 is 9.47 Å². The molecule has 1 aromatic rings. The van der Waals surface area contributed by atoms with Gasteiger partial charge in [-0.3, -0.25) is 19.8 Å². The Hall–Kier alpha value is -2.83. The molecule has 0 spiro atoms. The molecule has 1 saturated heterocycles. The average molecular weight is 342 g/mol. The molecule has 130 valence electrons. The highest BCUT2D eigenvalue weighted by molar-refractivity contribution is 6.31. The number of nitrogens with zero attached hydrogens (tertiary/aromatic N) is 1. The first-order chi connectivity index (χ1) is 12.1. The van der Waals surface area contributed by atoms with E-state index in [0.717, 1.165) is 32.1 Å². The van der Waals surface area contributed by atoms with Gasteiger partial charge in [-0.15, -0.1) is 0 Å². The molecule has 1 aliphatic carbocycles. The number of carbonyl (C=O) groups is 3. The molecule has 0 unspecified atom stereocenters. The van der Waals surface area contributed by atoms with Gasteiger partial charge in [0.25, 0.3) is 11.8 Å². The fourth-order valence-electron chi connectivity index (χ4n) is 3.51. The van der Waals surface area contributed by atoms with Crippen LogP contribution in [0.15, 0.2) is 23.8 Å². The van der Waals surface area contributed by atoms with Gasteiger partial charge in [0.05, 0.1) is 0 Å². The molecule has 0 radical (unpaired) electrons. The topological polar surface area (TPSA) is 84.9 Å². The fraction of sp³-hybridized carbons (Fsp3) is 0.389. The number of barbiturate groups is 1. The van der Waals surface area contributed by atoms with Crippen LogP contribution in [-0.4, -0.2) is 35.6 Å². The molecule has 2 aliphatic heterocycles. The van der Waals surface area contributed by atoms with Crippen molar-refractivity contribution in [2.24, 2.45) is 0 Å². The predicted octanol–water partition coefficient (Wildman–Crippen LogP) is 2.21. The van der Waals surface area contributed by atoms with E-state index in [4.69, 9.17) is 9.47 Å². The fourth-order valence-corrected chi connectivity index (χ4v) is 3.51. The molecule has 1 N–H and O–H groups in total. The molecular weight excluding hydrogens is 324 g/mol. The van der Waals surface area contributed by atoms with Crippen molar-refractivity contribution in [3.63, 3.8) is 0 Å². The van der Waals surface area contributed by atoms with Gasteiger partial charge in [-0.25, -0.2) is 4.79 Å². The summed E-state index contributed by atoms with van der Waals surface area (Å²) in [6, 6.07) is 4.41. The van der Waals surface area contributed by atoms with Gasteiger partial charge in [0.15, 0.2) is 11.5 Å². The van der Waals surface area contributed by atoms with E-state index < -0.39 is 17.8 Å². The third-order valence-electron chi connectivity index (χ3n) is 4.78. The molecule has 1 saturated carbocycles. The largest absolute Gasteiger partial charge is 0.454 e. The maximum atomic E-state index is 12.8. The van der Waals surface area contributed by atoms with Crippen molar-refractivity contribution in [1.82, 2.24) is 10.2 Å². The number of benzene rings is 1. The average Bonchev–Trinajstić information content (AvgIpc) is 3.07. The van der Waals surface area contributed by atoms with E-state index in [2.05, 4.69) is 5.32 Å². The highest BCUT2D eigenvalue weighted by Gasteiger charge is 2.40. The number of fused-ring (bicyclic) bond motifs is 1. The number of hydrogen-bond donors (Lipinski definition) is 1. The normalized spacial score (nSPS) is 22.5. The van der Waals surface area contributed by atoms with Crippen LogP contribution in [0.25, 0.3) is 6.08 Å². The highest BCUT2D eigenvalue weighted by atomic mass is 16.7. The first-order valence-electron chi connectivity index (χ1n) is 8.44. The van der Waals surface area contributed by atoms with E-state index in [1.165, 1.54) is 11.0 Å². The molecule has 4 rings (SSSR count). The van der Waals surface area contributed by atoms with Crippen LogP contribution < -0.4 is 14.8 Å². The highest BCUT2D eigenvalue weighted by Crippen LogP contribution is 2.33. The predicted molar refractivity (Wildman–Crippen MR) is 87.8 cm³/mol. The summed E-state index contributed by atoms with van der Waals surface area (Å²) < 4.78 is 10.6. The maximum Gasteiger partial charge on any atom is 0.331 e. The lowest BCUT2D eigenvalue weighted by Gasteiger charge is -2.35. The van der Waals surface area contributed by atoms with Gasteiger partial charge in [0.2, 0.25) is 6.79 Å². The van der Waals surface area contributed by atoms with E-state index in [-0.39, 0.29) is 18.4 Å². The van der Waals surface area contributed by atoms with Crippen molar-refractivity contribution in [3.05, 3.63) is 29.3 Å². The standard InChI is InChI=1S/C18H18N2O5/c21-16-13(8-11-6-7-14-15(9-11)25-10-24-14)17(22)20(18(23)19-16)12-4-2-1-3-5-12/h6-9,12H,1-5,10H2,(H,19,21,23)/b13-8+. The van der Waals surface area contributed by atoms with Crippen molar-refractivity contribution < 1.29 is 23.9 Å². The lowest BCUT2D eigenvalue weighted by atomic mass is 9.93. The monoisotopic (exact) mass is 342 g/mol. The summed E-state index contributed by atoms with van der Waals surface area (Å²) in [7, 11) is 0. The second-order valence-electron chi connectivity index (χ2n) is 6.40. The molecule has 0 atom stereocenters. The van der Waals surface area contributed by atoms with Crippen LogP contribution in [0.1, 0.15) is 37.7 Å². The van der Waals surface area contributed by atoms with Gasteiger partial charge in [0, 0.05) is 6.04 Å². The molecule has 1 aromatic carbocycles. The first-order valence-corrected chi connectivity index (χ1v) is 8.44. The van der Waals surface area contributed by atoms with Gasteiger partial charge in [0.1, 0.15) is 5.57 Å². The molecule has 0 bridgehead atoms. The van der Waals surface area contributed by atoms with Crippen molar-refractivity contribution in [1.29, 1.82) is 0 Å². The minimum Gasteiger partial charge on any atom is -0.454 e. The van der Waals surface area contributed by atoms with E-state index in [0.29, 0.717) is 17.1 Å². The molecule has 25 heavy (non-hydrogen) atoms. The van der Waals surface area contributed by atoms with Crippen LogP contribution in [0.3, 0.4) is 0 Å². The SMILES string of the molecule is O=C1NC(=O)N(C2CCCCC2)C(=O)/C1=C/c1ccc2c(c1)OCO2. The molecule has 0 aromatic heterocycles. The third-order valence-corrected chi connectivity index (χ3v) is 4.78. The number of carbonyl (C=O) groups excluding carboxylic acids is 3. The number of hydrogen-bond acceptors (Lipinski definition) is 5. The lowest BCUT2D eigenvalue weighted by molar-refractivity contribution is -0.132. The maximum absolute atomic E-state index is 12.8. The first kappa shape index (κ1) is 15.7. The van der Waals surface area contributed by atoms with Crippen molar-refractivity contribution >= 4 is 23.9 Å². The van der Waals surface area contributed by atoms with Crippen molar-refractivity contribution in [2.45, 2.75) is 38.1 Å². The summed E-state index contributed by atoms with van der Waals surface area (Å²) in [5.41, 5.74) is 0.602. The molecule has 7 nitrogen and oxygen atoms in total.